The van der Waals surface area contributed by atoms with Gasteiger partial charge in [0.15, 0.2) is 5.82 Å². The number of benzene rings is 2. The molecule has 3 rings (SSSR count). The first-order valence-electron chi connectivity index (χ1n) is 10.8. The molecule has 0 aliphatic heterocycles. The summed E-state index contributed by atoms with van der Waals surface area (Å²) in [4.78, 5) is 12.6. The van der Waals surface area contributed by atoms with E-state index in [-0.39, 0.29) is 12.5 Å². The van der Waals surface area contributed by atoms with Gasteiger partial charge in [0.2, 0.25) is 11.1 Å². The highest BCUT2D eigenvalue weighted by atomic mass is 32.2. The number of nitrogens with zero attached hydrogens (tertiary/aromatic N) is 3. The minimum absolute atomic E-state index is 0.124. The monoisotopic (exact) mass is 453 g/mol. The topological polar surface area (TPSA) is 95.1 Å². The molecule has 0 fully saturated rings. The third-order valence-corrected chi connectivity index (χ3v) is 6.22. The predicted molar refractivity (Wildman–Crippen MR) is 130 cm³/mol. The number of amides is 1. The van der Waals surface area contributed by atoms with Crippen molar-refractivity contribution in [2.75, 3.05) is 11.2 Å². The molecular weight excluding hydrogens is 422 g/mol. The van der Waals surface area contributed by atoms with Crippen LogP contribution in [-0.4, -0.2) is 26.0 Å². The molecule has 1 amide bonds. The minimum Gasteiger partial charge on any atom is -0.485 e. The van der Waals surface area contributed by atoms with Gasteiger partial charge < -0.3 is 15.9 Å². The molecule has 3 N–H and O–H groups in total. The Kier molecular flexibility index (Phi) is 7.80. The average molecular weight is 454 g/mol. The molecule has 1 aromatic heterocycles. The number of anilines is 1. The first-order valence-corrected chi connectivity index (χ1v) is 11.7. The van der Waals surface area contributed by atoms with E-state index in [2.05, 4.69) is 48.4 Å². The van der Waals surface area contributed by atoms with Gasteiger partial charge in [0.25, 0.3) is 0 Å². The highest BCUT2D eigenvalue weighted by Gasteiger charge is 2.20. The lowest BCUT2D eigenvalue weighted by Crippen LogP contribution is -2.24. The molecule has 7 nitrogen and oxygen atoms in total. The van der Waals surface area contributed by atoms with Crippen LogP contribution in [0.5, 0.6) is 5.75 Å². The Morgan fingerprint density at radius 1 is 1.16 bits per heavy atom. The van der Waals surface area contributed by atoms with E-state index in [1.165, 1.54) is 22.0 Å². The highest BCUT2D eigenvalue weighted by Crippen LogP contribution is 2.28. The van der Waals surface area contributed by atoms with Gasteiger partial charge in [-0.1, -0.05) is 56.8 Å². The van der Waals surface area contributed by atoms with Crippen LogP contribution < -0.4 is 15.9 Å². The Morgan fingerprint density at radius 2 is 1.88 bits per heavy atom. The van der Waals surface area contributed by atoms with E-state index in [1.807, 2.05) is 44.2 Å². The Bertz CT molecular complexity index is 1060. The fraction of sp³-hybridized carbons (Fsp3) is 0.375. The zero-order chi connectivity index (χ0) is 23.3. The molecule has 1 unspecified atom stereocenters. The lowest BCUT2D eigenvalue weighted by Gasteiger charge is -2.15. The molecule has 0 spiro atoms. The molecule has 0 saturated carbocycles. The summed E-state index contributed by atoms with van der Waals surface area (Å²) >= 11 is 1.25. The SMILES string of the molecule is CCc1ccc(NC(=O)C(C)Sc2nnc(COc3cc(C)ccc3C(C)C)n2N)cc1. The Labute approximate surface area is 193 Å². The summed E-state index contributed by atoms with van der Waals surface area (Å²) in [6.07, 6.45) is 0.960. The molecule has 3 aromatic rings. The normalized spacial score (nSPS) is 12.1. The molecule has 8 heteroatoms. The van der Waals surface area contributed by atoms with Gasteiger partial charge in [-0.3, -0.25) is 4.79 Å². The van der Waals surface area contributed by atoms with Crippen LogP contribution in [0.2, 0.25) is 0 Å². The van der Waals surface area contributed by atoms with Crippen LogP contribution in [-0.2, 0) is 17.8 Å². The molecule has 170 valence electrons. The maximum Gasteiger partial charge on any atom is 0.237 e. The number of carbonyl (C=O) groups is 1. The lowest BCUT2D eigenvalue weighted by molar-refractivity contribution is -0.115. The maximum atomic E-state index is 12.6. The standard InChI is InChI=1S/C24H31N5O2S/c1-6-18-8-10-19(11-9-18)26-23(30)17(5)32-24-28-27-22(29(24)25)14-31-21-13-16(4)7-12-20(21)15(2)3/h7-13,15,17H,6,14,25H2,1-5H3,(H,26,30). The van der Waals surface area contributed by atoms with E-state index < -0.39 is 5.25 Å². The quantitative estimate of drug-likeness (QED) is 0.361. The van der Waals surface area contributed by atoms with Gasteiger partial charge in [-0.2, -0.15) is 0 Å². The summed E-state index contributed by atoms with van der Waals surface area (Å²) in [5.74, 6) is 7.71. The summed E-state index contributed by atoms with van der Waals surface area (Å²) in [7, 11) is 0. The number of nitrogen functional groups attached to an aromatic ring is 1. The van der Waals surface area contributed by atoms with Crippen LogP contribution in [0.1, 0.15) is 56.1 Å². The fourth-order valence-corrected chi connectivity index (χ4v) is 3.94. The van der Waals surface area contributed by atoms with Gasteiger partial charge in [-0.25, -0.2) is 4.68 Å². The molecule has 0 aliphatic carbocycles. The van der Waals surface area contributed by atoms with Gasteiger partial charge >= 0.3 is 0 Å². The zero-order valence-electron chi connectivity index (χ0n) is 19.3. The van der Waals surface area contributed by atoms with E-state index in [0.29, 0.717) is 16.9 Å². The first kappa shape index (κ1) is 23.7. The number of aryl methyl sites for hydroxylation is 2. The molecule has 1 heterocycles. The molecule has 0 bridgehead atoms. The van der Waals surface area contributed by atoms with Crippen molar-refractivity contribution in [2.24, 2.45) is 0 Å². The fourth-order valence-electron chi connectivity index (χ4n) is 3.15. The van der Waals surface area contributed by atoms with Crippen molar-refractivity contribution < 1.29 is 9.53 Å². The first-order chi connectivity index (χ1) is 15.3. The van der Waals surface area contributed by atoms with Crippen LogP contribution >= 0.6 is 11.8 Å². The third kappa shape index (κ3) is 5.82. The summed E-state index contributed by atoms with van der Waals surface area (Å²) in [6, 6.07) is 14.0. The molecule has 0 radical (unpaired) electrons. The van der Waals surface area contributed by atoms with Gasteiger partial charge in [0.05, 0.1) is 5.25 Å². The van der Waals surface area contributed by atoms with Crippen LogP contribution in [0.15, 0.2) is 47.6 Å². The predicted octanol–water partition coefficient (Wildman–Crippen LogP) is 4.68. The zero-order valence-corrected chi connectivity index (χ0v) is 20.1. The number of aromatic nitrogens is 3. The Balaban J connectivity index is 1.61. The van der Waals surface area contributed by atoms with Gasteiger partial charge in [-0.15, -0.1) is 10.2 Å². The summed E-state index contributed by atoms with van der Waals surface area (Å²) in [5, 5.41) is 11.3. The van der Waals surface area contributed by atoms with Crippen molar-refractivity contribution in [3.8, 4) is 5.75 Å². The van der Waals surface area contributed by atoms with Gasteiger partial charge in [0, 0.05) is 5.69 Å². The summed E-state index contributed by atoms with van der Waals surface area (Å²) in [6.45, 7) is 10.4. The van der Waals surface area contributed by atoms with Crippen molar-refractivity contribution in [2.45, 2.75) is 64.0 Å². The van der Waals surface area contributed by atoms with E-state index in [4.69, 9.17) is 10.6 Å². The summed E-state index contributed by atoms with van der Waals surface area (Å²) < 4.78 is 7.40. The number of rotatable bonds is 9. The molecule has 1 atom stereocenters. The number of ether oxygens (including phenoxy) is 1. The average Bonchev–Trinajstić information content (AvgIpc) is 3.11. The van der Waals surface area contributed by atoms with Crippen molar-refractivity contribution in [1.29, 1.82) is 0 Å². The Hall–Kier alpha value is -3.00. The lowest BCUT2D eigenvalue weighted by atomic mass is 10.0. The third-order valence-electron chi connectivity index (χ3n) is 5.16. The Morgan fingerprint density at radius 3 is 2.53 bits per heavy atom. The van der Waals surface area contributed by atoms with Crippen molar-refractivity contribution >= 4 is 23.4 Å². The summed E-state index contributed by atoms with van der Waals surface area (Å²) in [5.41, 5.74) is 4.24. The molecule has 32 heavy (non-hydrogen) atoms. The van der Waals surface area contributed by atoms with Crippen molar-refractivity contribution in [1.82, 2.24) is 14.9 Å². The van der Waals surface area contributed by atoms with Crippen molar-refractivity contribution in [3.05, 3.63) is 65.0 Å². The molecule has 2 aromatic carbocycles. The number of thioether (sulfide) groups is 1. The smallest absolute Gasteiger partial charge is 0.237 e. The van der Waals surface area contributed by atoms with Crippen LogP contribution in [0, 0.1) is 6.92 Å². The van der Waals surface area contributed by atoms with E-state index in [1.54, 1.807) is 0 Å². The minimum atomic E-state index is -0.398. The second-order valence-electron chi connectivity index (χ2n) is 8.05. The molecular formula is C24H31N5O2S. The highest BCUT2D eigenvalue weighted by molar-refractivity contribution is 8.00. The van der Waals surface area contributed by atoms with Crippen LogP contribution in [0.25, 0.3) is 0 Å². The molecule has 0 aliphatic rings. The van der Waals surface area contributed by atoms with E-state index in [0.717, 1.165) is 29.0 Å². The van der Waals surface area contributed by atoms with Crippen LogP contribution in [0.4, 0.5) is 5.69 Å². The number of hydrogen-bond acceptors (Lipinski definition) is 6. The number of nitrogens with two attached hydrogens (primary N) is 1. The number of nitrogens with one attached hydrogen (secondary N) is 1. The largest absolute Gasteiger partial charge is 0.485 e. The maximum absolute atomic E-state index is 12.6. The van der Waals surface area contributed by atoms with Crippen molar-refractivity contribution in [3.63, 3.8) is 0 Å². The van der Waals surface area contributed by atoms with Crippen LogP contribution in [0.3, 0.4) is 0 Å². The second-order valence-corrected chi connectivity index (χ2v) is 9.36. The molecule has 0 saturated heterocycles. The second kappa shape index (κ2) is 10.5. The van der Waals surface area contributed by atoms with Gasteiger partial charge in [0.1, 0.15) is 12.4 Å². The van der Waals surface area contributed by atoms with E-state index >= 15 is 0 Å². The number of carbonyl (C=O) groups excluding carboxylic acids is 1. The number of hydrogen-bond donors (Lipinski definition) is 2. The van der Waals surface area contributed by atoms with E-state index in [9.17, 15) is 4.79 Å². The van der Waals surface area contributed by atoms with Gasteiger partial charge in [-0.05, 0) is 61.1 Å².